The van der Waals surface area contributed by atoms with Crippen molar-refractivity contribution in [3.63, 3.8) is 0 Å². The molecule has 3 atom stereocenters. The molecule has 0 unspecified atom stereocenters. The molecule has 5 rings (SSSR count). The summed E-state index contributed by atoms with van der Waals surface area (Å²) in [7, 11) is 0. The van der Waals surface area contributed by atoms with Crippen molar-refractivity contribution in [1.82, 2.24) is 14.7 Å². The van der Waals surface area contributed by atoms with Crippen LogP contribution in [0.5, 0.6) is 11.5 Å². The van der Waals surface area contributed by atoms with Crippen LogP contribution in [-0.2, 0) is 16.1 Å². The zero-order valence-electron chi connectivity index (χ0n) is 23.5. The third kappa shape index (κ3) is 6.18. The van der Waals surface area contributed by atoms with Crippen molar-refractivity contribution in [2.75, 3.05) is 46.1 Å². The first kappa shape index (κ1) is 28.9. The van der Waals surface area contributed by atoms with Crippen molar-refractivity contribution in [3.05, 3.63) is 59.2 Å². The third-order valence-corrected chi connectivity index (χ3v) is 8.51. The number of amides is 2. The minimum absolute atomic E-state index is 0.00176. The number of carbonyl (C=O) groups excluding carboxylic acids is 2. The number of carboxylic acids is 1. The van der Waals surface area contributed by atoms with Gasteiger partial charge in [-0.15, -0.1) is 0 Å². The SMILES string of the molecule is CCCCN(CCCO)C(=O)CN1C[C@H](c2ccc3c(c2)OCO3)[C@@H](C(=O)O)[C@@H]1CCN1Cc2ccccc2C1=O. The van der Waals surface area contributed by atoms with Crippen molar-refractivity contribution in [2.45, 2.75) is 51.1 Å². The Morgan fingerprint density at radius 2 is 1.85 bits per heavy atom. The normalized spacial score (nSPS) is 21.4. The minimum atomic E-state index is -0.924. The van der Waals surface area contributed by atoms with Gasteiger partial charge < -0.3 is 29.5 Å². The van der Waals surface area contributed by atoms with Crippen molar-refractivity contribution in [3.8, 4) is 11.5 Å². The molecular weight excluding hydrogens is 526 g/mol. The van der Waals surface area contributed by atoms with Crippen LogP contribution in [0.15, 0.2) is 42.5 Å². The van der Waals surface area contributed by atoms with E-state index < -0.39 is 17.9 Å². The van der Waals surface area contributed by atoms with Gasteiger partial charge in [-0.1, -0.05) is 37.6 Å². The van der Waals surface area contributed by atoms with Gasteiger partial charge in [0, 0.05) is 56.9 Å². The molecule has 0 saturated carbocycles. The van der Waals surface area contributed by atoms with Crippen molar-refractivity contribution >= 4 is 17.8 Å². The van der Waals surface area contributed by atoms with Crippen LogP contribution < -0.4 is 9.47 Å². The highest BCUT2D eigenvalue weighted by Crippen LogP contribution is 2.43. The number of aliphatic carboxylic acids is 1. The number of hydrogen-bond donors (Lipinski definition) is 2. The molecule has 0 bridgehead atoms. The van der Waals surface area contributed by atoms with Gasteiger partial charge in [0.2, 0.25) is 12.7 Å². The molecule has 0 aromatic heterocycles. The number of nitrogens with zero attached hydrogens (tertiary/aromatic N) is 3. The summed E-state index contributed by atoms with van der Waals surface area (Å²) < 4.78 is 11.0. The molecule has 2 amide bonds. The zero-order valence-corrected chi connectivity index (χ0v) is 23.5. The van der Waals surface area contributed by atoms with Crippen molar-refractivity contribution < 1.29 is 34.1 Å². The summed E-state index contributed by atoms with van der Waals surface area (Å²) in [6.07, 6.45) is 2.72. The van der Waals surface area contributed by atoms with Crippen molar-refractivity contribution in [2.24, 2.45) is 5.92 Å². The lowest BCUT2D eigenvalue weighted by atomic mass is 9.84. The van der Waals surface area contributed by atoms with E-state index in [9.17, 15) is 24.6 Å². The van der Waals surface area contributed by atoms with Crippen LogP contribution in [0.2, 0.25) is 0 Å². The Morgan fingerprint density at radius 1 is 1.07 bits per heavy atom. The van der Waals surface area contributed by atoms with Crippen LogP contribution in [0.25, 0.3) is 0 Å². The number of ether oxygens (including phenoxy) is 2. The summed E-state index contributed by atoms with van der Waals surface area (Å²) in [5.41, 5.74) is 2.49. The number of benzene rings is 2. The Labute approximate surface area is 240 Å². The fourth-order valence-corrected chi connectivity index (χ4v) is 6.36. The molecule has 0 radical (unpaired) electrons. The second-order valence-electron chi connectivity index (χ2n) is 11.1. The molecule has 2 aromatic carbocycles. The standard InChI is InChI=1S/C31H39N3O7/c1-2-3-12-32(13-6-15-35)28(36)19-34-18-24(21-9-10-26-27(16-21)41-20-40-26)29(31(38)39)25(34)11-14-33-17-22-7-4-5-8-23(22)30(33)37/h4-5,7-10,16,24-25,29,35H,2-3,6,11-15,17-20H2,1H3,(H,38,39)/t24-,25+,29-/m1/s1. The van der Waals surface area contributed by atoms with E-state index in [0.717, 1.165) is 24.0 Å². The molecule has 220 valence electrons. The van der Waals surface area contributed by atoms with Crippen LogP contribution in [0.1, 0.15) is 60.0 Å². The molecule has 0 aliphatic carbocycles. The molecule has 10 nitrogen and oxygen atoms in total. The second-order valence-corrected chi connectivity index (χ2v) is 11.1. The van der Waals surface area contributed by atoms with Gasteiger partial charge in [-0.3, -0.25) is 19.3 Å². The molecule has 1 fully saturated rings. The molecule has 3 aliphatic heterocycles. The van der Waals surface area contributed by atoms with E-state index in [0.29, 0.717) is 62.6 Å². The summed E-state index contributed by atoms with van der Waals surface area (Å²) >= 11 is 0. The first-order valence-corrected chi connectivity index (χ1v) is 14.5. The highest BCUT2D eigenvalue weighted by molar-refractivity contribution is 5.98. The van der Waals surface area contributed by atoms with Crippen LogP contribution in [0, 0.1) is 5.92 Å². The summed E-state index contributed by atoms with van der Waals surface area (Å²) in [4.78, 5) is 45.0. The number of fused-ring (bicyclic) bond motifs is 2. The molecule has 2 aromatic rings. The number of aliphatic hydroxyl groups is 1. The molecule has 2 N–H and O–H groups in total. The van der Waals surface area contributed by atoms with Crippen LogP contribution >= 0.6 is 0 Å². The van der Waals surface area contributed by atoms with Gasteiger partial charge >= 0.3 is 5.97 Å². The Bertz CT molecular complexity index is 1260. The Kier molecular flexibility index (Phi) is 9.09. The van der Waals surface area contributed by atoms with Gasteiger partial charge in [0.1, 0.15) is 0 Å². The van der Waals surface area contributed by atoms with E-state index in [2.05, 4.69) is 6.92 Å². The van der Waals surface area contributed by atoms with E-state index in [1.807, 2.05) is 41.3 Å². The van der Waals surface area contributed by atoms with Gasteiger partial charge in [0.05, 0.1) is 12.5 Å². The minimum Gasteiger partial charge on any atom is -0.481 e. The molecular formula is C31H39N3O7. The fraction of sp³-hybridized carbons (Fsp3) is 0.516. The molecule has 41 heavy (non-hydrogen) atoms. The maximum absolute atomic E-state index is 13.5. The number of aliphatic hydroxyl groups excluding tert-OH is 1. The van der Waals surface area contributed by atoms with Crippen molar-refractivity contribution in [1.29, 1.82) is 0 Å². The molecule has 3 heterocycles. The highest BCUT2D eigenvalue weighted by Gasteiger charge is 2.47. The molecule has 0 spiro atoms. The van der Waals surface area contributed by atoms with Gasteiger partial charge in [0.25, 0.3) is 5.91 Å². The summed E-state index contributed by atoms with van der Waals surface area (Å²) in [6.45, 7) is 4.62. The third-order valence-electron chi connectivity index (χ3n) is 8.51. The number of hydrogen-bond acceptors (Lipinski definition) is 7. The number of carboxylic acid groups (broad SMARTS) is 1. The topological polar surface area (TPSA) is 120 Å². The average molecular weight is 566 g/mol. The highest BCUT2D eigenvalue weighted by atomic mass is 16.7. The zero-order chi connectivity index (χ0) is 28.9. The van der Waals surface area contributed by atoms with E-state index in [4.69, 9.17) is 9.47 Å². The van der Waals surface area contributed by atoms with E-state index >= 15 is 0 Å². The van der Waals surface area contributed by atoms with Gasteiger partial charge in [-0.25, -0.2) is 0 Å². The van der Waals surface area contributed by atoms with Crippen LogP contribution in [-0.4, -0.2) is 94.9 Å². The second kappa shape index (κ2) is 12.9. The number of likely N-dealkylation sites (tertiary alicyclic amines) is 1. The first-order chi connectivity index (χ1) is 19.9. The Hall–Kier alpha value is -3.63. The van der Waals surface area contributed by atoms with Gasteiger partial charge in [0.15, 0.2) is 11.5 Å². The number of unbranched alkanes of at least 4 members (excludes halogenated alkanes) is 1. The Balaban J connectivity index is 1.39. The molecule has 1 saturated heterocycles. The predicted molar refractivity (Wildman–Crippen MR) is 151 cm³/mol. The van der Waals surface area contributed by atoms with Gasteiger partial charge in [-0.2, -0.15) is 0 Å². The lowest BCUT2D eigenvalue weighted by molar-refractivity contribution is -0.144. The van der Waals surface area contributed by atoms with Crippen LogP contribution in [0.4, 0.5) is 0 Å². The largest absolute Gasteiger partial charge is 0.481 e. The van der Waals surface area contributed by atoms with E-state index in [1.165, 1.54) is 0 Å². The molecule has 3 aliphatic rings. The maximum atomic E-state index is 13.5. The lowest BCUT2D eigenvalue weighted by Crippen LogP contribution is -2.45. The number of carbonyl (C=O) groups is 3. The van der Waals surface area contributed by atoms with E-state index in [-0.39, 0.29) is 37.7 Å². The van der Waals surface area contributed by atoms with Crippen LogP contribution in [0.3, 0.4) is 0 Å². The maximum Gasteiger partial charge on any atom is 0.308 e. The smallest absolute Gasteiger partial charge is 0.308 e. The summed E-state index contributed by atoms with van der Waals surface area (Å²) in [5.74, 6) is -0.964. The van der Waals surface area contributed by atoms with E-state index in [1.54, 1.807) is 15.9 Å². The first-order valence-electron chi connectivity index (χ1n) is 14.5. The lowest BCUT2D eigenvalue weighted by Gasteiger charge is -2.30. The molecule has 10 heteroatoms. The monoisotopic (exact) mass is 565 g/mol. The fourth-order valence-electron chi connectivity index (χ4n) is 6.36. The predicted octanol–water partition coefficient (Wildman–Crippen LogP) is 2.94. The summed E-state index contributed by atoms with van der Waals surface area (Å²) in [5, 5.41) is 19.9. The summed E-state index contributed by atoms with van der Waals surface area (Å²) in [6, 6.07) is 12.6. The van der Waals surface area contributed by atoms with Gasteiger partial charge in [-0.05, 0) is 48.6 Å². The average Bonchev–Trinajstić information content (AvgIpc) is 3.67. The Morgan fingerprint density at radius 3 is 2.61 bits per heavy atom. The number of rotatable bonds is 13. The quantitative estimate of drug-likeness (QED) is 0.381.